The first-order valence-corrected chi connectivity index (χ1v) is 8.26. The highest BCUT2D eigenvalue weighted by atomic mass is 32.2. The number of rotatable bonds is 8. The molecule has 8 heteroatoms. The van der Waals surface area contributed by atoms with Crippen molar-refractivity contribution in [3.8, 4) is 0 Å². The third kappa shape index (κ3) is 4.27. The van der Waals surface area contributed by atoms with Gasteiger partial charge in [-0.25, -0.2) is 18.1 Å². The predicted octanol–water partition coefficient (Wildman–Crippen LogP) is 1.15. The van der Waals surface area contributed by atoms with Crippen molar-refractivity contribution in [1.82, 2.24) is 19.7 Å². The Kier molecular flexibility index (Phi) is 5.29. The molecular formula is C13H19N5O2S. The maximum Gasteiger partial charge on any atom is 0.244 e. The number of pyridine rings is 1. The highest BCUT2D eigenvalue weighted by molar-refractivity contribution is 7.89. The molecule has 0 aliphatic carbocycles. The average molecular weight is 309 g/mol. The second kappa shape index (κ2) is 7.19. The number of hydrogen-bond acceptors (Lipinski definition) is 5. The smallest absolute Gasteiger partial charge is 0.244 e. The minimum absolute atomic E-state index is 0.170. The van der Waals surface area contributed by atoms with E-state index in [-0.39, 0.29) is 4.90 Å². The highest BCUT2D eigenvalue weighted by Crippen LogP contribution is 2.19. The van der Waals surface area contributed by atoms with Crippen LogP contribution in [0.5, 0.6) is 0 Å². The molecule has 0 aliphatic heterocycles. The Balaban J connectivity index is 2.04. The van der Waals surface area contributed by atoms with Gasteiger partial charge in [0.05, 0.1) is 12.0 Å². The van der Waals surface area contributed by atoms with E-state index in [1.54, 1.807) is 24.8 Å². The molecule has 2 rings (SSSR count). The quantitative estimate of drug-likeness (QED) is 0.679. The highest BCUT2D eigenvalue weighted by Gasteiger charge is 2.18. The van der Waals surface area contributed by atoms with Gasteiger partial charge in [-0.3, -0.25) is 4.98 Å². The van der Waals surface area contributed by atoms with Crippen LogP contribution in [0.4, 0.5) is 5.69 Å². The minimum Gasteiger partial charge on any atom is -0.384 e. The summed E-state index contributed by atoms with van der Waals surface area (Å²) in [5.41, 5.74) is 1.45. The van der Waals surface area contributed by atoms with Gasteiger partial charge in [0.2, 0.25) is 10.0 Å². The van der Waals surface area contributed by atoms with Crippen LogP contribution in [0.1, 0.15) is 19.0 Å². The van der Waals surface area contributed by atoms with E-state index in [0.29, 0.717) is 25.2 Å². The van der Waals surface area contributed by atoms with Gasteiger partial charge in [-0.2, -0.15) is 0 Å². The van der Waals surface area contributed by atoms with E-state index in [0.717, 1.165) is 12.1 Å². The molecule has 2 heterocycles. The molecular weight excluding hydrogens is 290 g/mol. The third-order valence-electron chi connectivity index (χ3n) is 2.88. The van der Waals surface area contributed by atoms with E-state index >= 15 is 0 Å². The van der Waals surface area contributed by atoms with Gasteiger partial charge >= 0.3 is 0 Å². The first-order valence-electron chi connectivity index (χ1n) is 6.78. The molecule has 0 saturated heterocycles. The number of nitrogens with zero attached hydrogens (tertiary/aromatic N) is 2. The zero-order valence-electron chi connectivity index (χ0n) is 11.8. The second-order valence-electron chi connectivity index (χ2n) is 4.52. The first kappa shape index (κ1) is 15.5. The summed E-state index contributed by atoms with van der Waals surface area (Å²) in [7, 11) is -3.58. The molecule has 0 atom stereocenters. The Labute approximate surface area is 124 Å². The fourth-order valence-electron chi connectivity index (χ4n) is 1.82. The molecule has 7 nitrogen and oxygen atoms in total. The van der Waals surface area contributed by atoms with Crippen LogP contribution < -0.4 is 10.0 Å². The molecule has 0 fully saturated rings. The van der Waals surface area contributed by atoms with Gasteiger partial charge < -0.3 is 10.3 Å². The second-order valence-corrected chi connectivity index (χ2v) is 6.26. The summed E-state index contributed by atoms with van der Waals surface area (Å²) >= 11 is 0. The van der Waals surface area contributed by atoms with Crippen LogP contribution in [0.25, 0.3) is 0 Å². The van der Waals surface area contributed by atoms with Gasteiger partial charge in [-0.15, -0.1) is 0 Å². The van der Waals surface area contributed by atoms with E-state index in [9.17, 15) is 8.42 Å². The van der Waals surface area contributed by atoms with E-state index < -0.39 is 10.0 Å². The molecule has 0 amide bonds. The Morgan fingerprint density at radius 3 is 2.81 bits per heavy atom. The van der Waals surface area contributed by atoms with Gasteiger partial charge in [0.1, 0.15) is 4.90 Å². The number of nitrogens with one attached hydrogen (secondary N) is 3. The summed E-state index contributed by atoms with van der Waals surface area (Å²) in [6, 6.07) is 1.67. The maximum absolute atomic E-state index is 12.3. The lowest BCUT2D eigenvalue weighted by Crippen LogP contribution is -2.27. The van der Waals surface area contributed by atoms with E-state index in [1.165, 1.54) is 6.20 Å². The largest absolute Gasteiger partial charge is 0.384 e. The summed E-state index contributed by atoms with van der Waals surface area (Å²) in [6.07, 6.45) is 7.63. The monoisotopic (exact) mass is 309 g/mol. The van der Waals surface area contributed by atoms with E-state index in [1.807, 2.05) is 6.92 Å². The van der Waals surface area contributed by atoms with Crippen LogP contribution in [0.15, 0.2) is 35.9 Å². The lowest BCUT2D eigenvalue weighted by molar-refractivity contribution is 0.581. The van der Waals surface area contributed by atoms with Crippen molar-refractivity contribution in [3.05, 3.63) is 36.7 Å². The predicted molar refractivity (Wildman–Crippen MR) is 80.5 cm³/mol. The fraction of sp³-hybridized carbons (Fsp3) is 0.385. The van der Waals surface area contributed by atoms with Crippen molar-refractivity contribution in [1.29, 1.82) is 0 Å². The molecule has 114 valence electrons. The summed E-state index contributed by atoms with van der Waals surface area (Å²) < 4.78 is 27.2. The Hall–Kier alpha value is -1.93. The van der Waals surface area contributed by atoms with Crippen LogP contribution >= 0.6 is 0 Å². The minimum atomic E-state index is -3.58. The van der Waals surface area contributed by atoms with Crippen molar-refractivity contribution in [3.63, 3.8) is 0 Å². The molecule has 0 aliphatic rings. The Morgan fingerprint density at radius 1 is 1.24 bits per heavy atom. The van der Waals surface area contributed by atoms with Gasteiger partial charge in [-0.1, -0.05) is 6.92 Å². The topological polar surface area (TPSA) is 99.8 Å². The Bertz CT molecular complexity index is 655. The fourth-order valence-corrected chi connectivity index (χ4v) is 2.97. The number of H-pyrrole nitrogens is 1. The molecule has 2 aromatic heterocycles. The van der Waals surface area contributed by atoms with E-state index in [4.69, 9.17) is 0 Å². The lowest BCUT2D eigenvalue weighted by atomic mass is 10.3. The molecule has 0 saturated carbocycles. The summed E-state index contributed by atoms with van der Waals surface area (Å²) in [4.78, 5) is 10.9. The lowest BCUT2D eigenvalue weighted by Gasteiger charge is -2.12. The summed E-state index contributed by atoms with van der Waals surface area (Å²) in [5, 5.41) is 3.10. The number of hydrogen-bond donors (Lipinski definition) is 3. The van der Waals surface area contributed by atoms with Gasteiger partial charge in [-0.05, 0) is 12.5 Å². The average Bonchev–Trinajstić information content (AvgIpc) is 2.98. The van der Waals surface area contributed by atoms with Crippen LogP contribution in [0.2, 0.25) is 0 Å². The number of imidazole rings is 1. The molecule has 0 aromatic carbocycles. The van der Waals surface area contributed by atoms with Crippen molar-refractivity contribution in [2.75, 3.05) is 18.4 Å². The molecule has 0 radical (unpaired) electrons. The van der Waals surface area contributed by atoms with Crippen LogP contribution in [-0.2, 0) is 16.4 Å². The maximum atomic E-state index is 12.3. The number of anilines is 1. The van der Waals surface area contributed by atoms with Crippen molar-refractivity contribution in [2.24, 2.45) is 0 Å². The van der Waals surface area contributed by atoms with E-state index in [2.05, 4.69) is 25.0 Å². The van der Waals surface area contributed by atoms with Gasteiger partial charge in [0, 0.05) is 43.8 Å². The van der Waals surface area contributed by atoms with Crippen molar-refractivity contribution >= 4 is 15.7 Å². The van der Waals surface area contributed by atoms with Gasteiger partial charge in [0.25, 0.3) is 0 Å². The third-order valence-corrected chi connectivity index (χ3v) is 4.37. The Morgan fingerprint density at radius 2 is 2.10 bits per heavy atom. The zero-order valence-corrected chi connectivity index (χ0v) is 12.7. The standard InChI is InChI=1S/C13H19N5O2S/c1-2-5-16-12-4-6-14-9-13(12)21(19,20)18-7-3-11-8-15-10-17-11/h4,6,8-10,18H,2-3,5,7H2,1H3,(H,14,16)(H,15,17). The van der Waals surface area contributed by atoms with Crippen LogP contribution in [0.3, 0.4) is 0 Å². The normalized spacial score (nSPS) is 11.5. The number of aromatic nitrogens is 3. The molecule has 0 unspecified atom stereocenters. The summed E-state index contributed by atoms with van der Waals surface area (Å²) in [5.74, 6) is 0. The molecule has 2 aromatic rings. The molecule has 0 spiro atoms. The molecule has 21 heavy (non-hydrogen) atoms. The molecule has 0 bridgehead atoms. The zero-order chi connectivity index (χ0) is 15.1. The van der Waals surface area contributed by atoms with Crippen molar-refractivity contribution < 1.29 is 8.42 Å². The summed E-state index contributed by atoms with van der Waals surface area (Å²) in [6.45, 7) is 3.03. The van der Waals surface area contributed by atoms with Gasteiger partial charge in [0.15, 0.2) is 0 Å². The van der Waals surface area contributed by atoms with Crippen molar-refractivity contribution in [2.45, 2.75) is 24.7 Å². The van der Waals surface area contributed by atoms with Crippen LogP contribution in [0, 0.1) is 0 Å². The SMILES string of the molecule is CCCNc1ccncc1S(=O)(=O)NCCc1cnc[nH]1. The first-order chi connectivity index (χ1) is 10.1. The van der Waals surface area contributed by atoms with Crippen LogP contribution in [-0.4, -0.2) is 36.5 Å². The number of aromatic amines is 1. The molecule has 3 N–H and O–H groups in total. The number of sulfonamides is 1.